The molecule has 10 rings (SSSR count). The Morgan fingerprint density at radius 3 is 1.17 bits per heavy atom. The van der Waals surface area contributed by atoms with Gasteiger partial charge >= 0.3 is 0 Å². The molecule has 0 N–H and O–H groups in total. The maximum absolute atomic E-state index is 4.95. The molecule has 0 bridgehead atoms. The lowest BCUT2D eigenvalue weighted by Crippen LogP contribution is -2.17. The summed E-state index contributed by atoms with van der Waals surface area (Å²) in [5.74, 6) is 1.94. The maximum Gasteiger partial charge on any atom is 0.164 e. The van der Waals surface area contributed by atoms with E-state index in [0.717, 1.165) is 39.4 Å². The SMILES string of the molecule is c1ccc(-c2nc(-c3ccccc3)nc(-c3ccc(N4c5ccccc5Sc5cc(N6c7ccccc7Sc7ccccc76)ccc54)cc3)n2)cc1. The second-order valence-electron chi connectivity index (χ2n) is 12.5. The van der Waals surface area contributed by atoms with Crippen LogP contribution in [0, 0.1) is 0 Å². The first-order chi connectivity index (χ1) is 25.8. The molecule has 7 heteroatoms. The van der Waals surface area contributed by atoms with Gasteiger partial charge in [-0.3, -0.25) is 0 Å². The topological polar surface area (TPSA) is 45.2 Å². The van der Waals surface area contributed by atoms with E-state index in [1.54, 1.807) is 0 Å². The van der Waals surface area contributed by atoms with Crippen LogP contribution in [0.4, 0.5) is 34.1 Å². The van der Waals surface area contributed by atoms with E-state index in [0.29, 0.717) is 17.5 Å². The fourth-order valence-electron chi connectivity index (χ4n) is 6.84. The number of rotatable bonds is 5. The molecular weight excluding hydrogens is 675 g/mol. The average Bonchev–Trinajstić information content (AvgIpc) is 3.22. The van der Waals surface area contributed by atoms with Crippen LogP contribution in [0.2, 0.25) is 0 Å². The van der Waals surface area contributed by atoms with Gasteiger partial charge in [0.25, 0.3) is 0 Å². The van der Waals surface area contributed by atoms with Gasteiger partial charge in [-0.05, 0) is 78.9 Å². The number of hydrogen-bond acceptors (Lipinski definition) is 7. The third-order valence-corrected chi connectivity index (χ3v) is 11.5. The predicted octanol–water partition coefficient (Wildman–Crippen LogP) is 12.7. The van der Waals surface area contributed by atoms with Crippen molar-refractivity contribution in [2.24, 2.45) is 0 Å². The molecule has 1 aromatic heterocycles. The van der Waals surface area contributed by atoms with Crippen molar-refractivity contribution in [2.45, 2.75) is 19.6 Å². The highest BCUT2D eigenvalue weighted by molar-refractivity contribution is 8.00. The van der Waals surface area contributed by atoms with Crippen molar-refractivity contribution in [3.63, 3.8) is 0 Å². The molecule has 0 unspecified atom stereocenters. The van der Waals surface area contributed by atoms with E-state index < -0.39 is 0 Å². The molecule has 0 saturated carbocycles. The lowest BCUT2D eigenvalue weighted by Gasteiger charge is -2.36. The molecule has 0 spiro atoms. The van der Waals surface area contributed by atoms with Crippen LogP contribution < -0.4 is 9.80 Å². The summed E-state index contributed by atoms with van der Waals surface area (Å²) in [5.41, 5.74) is 9.73. The van der Waals surface area contributed by atoms with Gasteiger partial charge in [0.05, 0.1) is 22.7 Å². The molecule has 2 aliphatic rings. The molecule has 246 valence electrons. The van der Waals surface area contributed by atoms with E-state index in [4.69, 9.17) is 15.0 Å². The van der Waals surface area contributed by atoms with Crippen molar-refractivity contribution in [1.82, 2.24) is 15.0 Å². The van der Waals surface area contributed by atoms with Crippen molar-refractivity contribution in [1.29, 1.82) is 0 Å². The van der Waals surface area contributed by atoms with E-state index in [9.17, 15) is 0 Å². The molecule has 0 amide bonds. The number of hydrogen-bond donors (Lipinski definition) is 0. The zero-order chi connectivity index (χ0) is 34.4. The van der Waals surface area contributed by atoms with Crippen molar-refractivity contribution in [3.8, 4) is 34.2 Å². The third-order valence-electron chi connectivity index (χ3n) is 9.28. The van der Waals surface area contributed by atoms with Gasteiger partial charge in [-0.25, -0.2) is 15.0 Å². The molecule has 0 fully saturated rings. The van der Waals surface area contributed by atoms with Crippen LogP contribution >= 0.6 is 23.5 Å². The Balaban J connectivity index is 1.05. The quantitative estimate of drug-likeness (QED) is 0.177. The van der Waals surface area contributed by atoms with Gasteiger partial charge in [-0.2, -0.15) is 0 Å². The summed E-state index contributed by atoms with van der Waals surface area (Å²) in [5, 5.41) is 0. The van der Waals surface area contributed by atoms with Crippen LogP contribution in [0.25, 0.3) is 34.2 Å². The van der Waals surface area contributed by atoms with Crippen molar-refractivity contribution in [3.05, 3.63) is 176 Å². The molecule has 5 nitrogen and oxygen atoms in total. The van der Waals surface area contributed by atoms with Crippen LogP contribution in [0.1, 0.15) is 0 Å². The summed E-state index contributed by atoms with van der Waals surface area (Å²) in [7, 11) is 0. The Bertz CT molecular complexity index is 2490. The summed E-state index contributed by atoms with van der Waals surface area (Å²) in [4.78, 5) is 24.5. The van der Waals surface area contributed by atoms with Gasteiger partial charge in [0.2, 0.25) is 0 Å². The highest BCUT2D eigenvalue weighted by atomic mass is 32.2. The minimum Gasteiger partial charge on any atom is -0.308 e. The average molecular weight is 704 g/mol. The number of benzene rings is 7. The number of fused-ring (bicyclic) bond motifs is 4. The van der Waals surface area contributed by atoms with E-state index in [1.165, 1.54) is 31.0 Å². The Hall–Kier alpha value is -6.15. The first-order valence-corrected chi connectivity index (χ1v) is 18.7. The molecule has 52 heavy (non-hydrogen) atoms. The van der Waals surface area contributed by atoms with E-state index >= 15 is 0 Å². The Labute approximate surface area is 310 Å². The van der Waals surface area contributed by atoms with Gasteiger partial charge in [-0.15, -0.1) is 0 Å². The number of anilines is 6. The Morgan fingerprint density at radius 1 is 0.308 bits per heavy atom. The lowest BCUT2D eigenvalue weighted by molar-refractivity contribution is 1.07. The normalized spacial score (nSPS) is 12.8. The van der Waals surface area contributed by atoms with Gasteiger partial charge in [0, 0.05) is 47.6 Å². The molecule has 0 radical (unpaired) electrons. The molecular formula is C45H29N5S2. The molecule has 2 aliphatic heterocycles. The summed E-state index contributed by atoms with van der Waals surface area (Å²) < 4.78 is 0. The van der Waals surface area contributed by atoms with E-state index in [2.05, 4.69) is 125 Å². The van der Waals surface area contributed by atoms with Gasteiger partial charge in [-0.1, -0.05) is 121 Å². The Kier molecular flexibility index (Phi) is 7.59. The number of aromatic nitrogens is 3. The summed E-state index contributed by atoms with van der Waals surface area (Å²) in [6.45, 7) is 0. The molecule has 0 aliphatic carbocycles. The minimum atomic E-state index is 0.638. The second kappa shape index (κ2) is 12.9. The van der Waals surface area contributed by atoms with Crippen LogP contribution in [0.15, 0.2) is 196 Å². The molecule has 8 aromatic rings. The summed E-state index contributed by atoms with van der Waals surface area (Å²) in [6, 6.07) is 61.6. The van der Waals surface area contributed by atoms with E-state index in [-0.39, 0.29) is 0 Å². The van der Waals surface area contributed by atoms with Gasteiger partial charge in [0.1, 0.15) is 0 Å². The molecule has 7 aromatic carbocycles. The van der Waals surface area contributed by atoms with Crippen LogP contribution in [0.5, 0.6) is 0 Å². The van der Waals surface area contributed by atoms with Crippen LogP contribution in [-0.4, -0.2) is 15.0 Å². The minimum absolute atomic E-state index is 0.638. The van der Waals surface area contributed by atoms with Crippen LogP contribution in [0.3, 0.4) is 0 Å². The highest BCUT2D eigenvalue weighted by Crippen LogP contribution is 2.55. The monoisotopic (exact) mass is 703 g/mol. The number of nitrogens with zero attached hydrogens (tertiary/aromatic N) is 5. The second-order valence-corrected chi connectivity index (χ2v) is 14.7. The fraction of sp³-hybridized carbons (Fsp3) is 0. The van der Waals surface area contributed by atoms with Crippen molar-refractivity contribution >= 4 is 57.6 Å². The molecule has 3 heterocycles. The summed E-state index contributed by atoms with van der Waals surface area (Å²) >= 11 is 3.65. The van der Waals surface area contributed by atoms with E-state index in [1.807, 2.05) is 84.2 Å². The first-order valence-electron chi connectivity index (χ1n) is 17.1. The zero-order valence-electron chi connectivity index (χ0n) is 27.8. The zero-order valence-corrected chi connectivity index (χ0v) is 29.4. The maximum atomic E-state index is 4.95. The molecule has 0 saturated heterocycles. The number of para-hydroxylation sites is 3. The largest absolute Gasteiger partial charge is 0.308 e. The lowest BCUT2D eigenvalue weighted by atomic mass is 10.1. The fourth-order valence-corrected chi connectivity index (χ4v) is 8.99. The predicted molar refractivity (Wildman–Crippen MR) is 214 cm³/mol. The van der Waals surface area contributed by atoms with Crippen molar-refractivity contribution in [2.75, 3.05) is 9.80 Å². The molecule has 0 atom stereocenters. The van der Waals surface area contributed by atoms with Gasteiger partial charge in [0.15, 0.2) is 17.5 Å². The highest BCUT2D eigenvalue weighted by Gasteiger charge is 2.29. The third kappa shape index (κ3) is 5.42. The van der Waals surface area contributed by atoms with Crippen molar-refractivity contribution < 1.29 is 0 Å². The standard InChI is InChI=1S/C45H29N5S2/c1-3-13-30(14-4-1)43-46-44(31-15-5-2-6-16-31)48-45(47-43)32-23-25-33(26-24-32)49-35-17-7-12-22-41(35)52-42-29-34(27-28-38(42)49)50-36-18-8-10-20-39(36)51-40-21-11-9-19-37(40)50/h1-29H. The Morgan fingerprint density at radius 2 is 0.673 bits per heavy atom. The first kappa shape index (κ1) is 30.7. The van der Waals surface area contributed by atoms with Crippen LogP contribution in [-0.2, 0) is 0 Å². The smallest absolute Gasteiger partial charge is 0.164 e. The summed E-state index contributed by atoms with van der Waals surface area (Å²) in [6.07, 6.45) is 0. The van der Waals surface area contributed by atoms with Gasteiger partial charge < -0.3 is 9.80 Å².